The van der Waals surface area contributed by atoms with Crippen LogP contribution in [0.5, 0.6) is 0 Å². The third-order valence-corrected chi connectivity index (χ3v) is 9.87. The van der Waals surface area contributed by atoms with E-state index in [0.717, 1.165) is 12.0 Å². The molecule has 4 atom stereocenters. The Labute approximate surface area is 192 Å². The lowest BCUT2D eigenvalue weighted by Gasteiger charge is -2.40. The Hall–Kier alpha value is -1.23. The van der Waals surface area contributed by atoms with Crippen molar-refractivity contribution in [3.63, 3.8) is 0 Å². The Balaban J connectivity index is 0.000000286. The van der Waals surface area contributed by atoms with Crippen LogP contribution in [0.1, 0.15) is 44.7 Å². The second-order valence-corrected chi connectivity index (χ2v) is 11.0. The van der Waals surface area contributed by atoms with Gasteiger partial charge in [0.25, 0.3) is 0 Å². The van der Waals surface area contributed by atoms with E-state index in [1.165, 1.54) is 17.3 Å². The molecule has 2 fully saturated rings. The molecule has 2 N–H and O–H groups in total. The molecule has 170 valence electrons. The van der Waals surface area contributed by atoms with Crippen molar-refractivity contribution in [1.82, 2.24) is 0 Å². The highest BCUT2D eigenvalue weighted by Gasteiger charge is 2.51. The molecule has 0 spiro atoms. The molecular weight excluding hydrogens is 427 g/mol. The van der Waals surface area contributed by atoms with Gasteiger partial charge in [0, 0.05) is 18.3 Å². The number of carbonyl (C=O) groups excluding carboxylic acids is 1. The zero-order valence-electron chi connectivity index (χ0n) is 18.7. The van der Waals surface area contributed by atoms with Crippen molar-refractivity contribution < 1.29 is 19.7 Å². The average molecular weight is 463 g/mol. The molecule has 2 heterocycles. The van der Waals surface area contributed by atoms with Crippen molar-refractivity contribution in [3.05, 3.63) is 71.8 Å². The molecular formula is C25H35O4PS. The summed E-state index contributed by atoms with van der Waals surface area (Å²) in [5.74, 6) is -0.766. The summed E-state index contributed by atoms with van der Waals surface area (Å²) in [7, 11) is -0.999. The highest BCUT2D eigenvalue weighted by Crippen LogP contribution is 2.60. The van der Waals surface area contributed by atoms with Gasteiger partial charge >= 0.3 is 0 Å². The minimum Gasteiger partial charge on any atom is -0.393 e. The molecule has 6 heteroatoms. The lowest BCUT2D eigenvalue weighted by Crippen LogP contribution is -2.50. The van der Waals surface area contributed by atoms with Gasteiger partial charge in [-0.2, -0.15) is 0 Å². The summed E-state index contributed by atoms with van der Waals surface area (Å²) in [5, 5.41) is 20.6. The molecule has 2 aromatic carbocycles. The van der Waals surface area contributed by atoms with E-state index in [4.69, 9.17) is 4.74 Å². The van der Waals surface area contributed by atoms with E-state index in [9.17, 15) is 15.0 Å². The van der Waals surface area contributed by atoms with E-state index in [1.54, 1.807) is 0 Å². The molecule has 0 saturated carbocycles. The number of aliphatic hydroxyl groups is 2. The predicted octanol–water partition coefficient (Wildman–Crippen LogP) is 6.04. The molecule has 31 heavy (non-hydrogen) atoms. The fourth-order valence-electron chi connectivity index (χ4n) is 3.60. The monoisotopic (exact) mass is 462 g/mol. The minimum absolute atomic E-state index is 0.177. The quantitative estimate of drug-likeness (QED) is 0.543. The molecule has 0 bridgehead atoms. The summed E-state index contributed by atoms with van der Waals surface area (Å²) >= 11 is 1.29. The van der Waals surface area contributed by atoms with Gasteiger partial charge in [-0.05, 0) is 31.9 Å². The van der Waals surface area contributed by atoms with E-state index in [0.29, 0.717) is 24.9 Å². The Morgan fingerprint density at radius 2 is 1.65 bits per heavy atom. The number of aryl methyl sites for hydroxylation is 1. The number of hydrogen-bond acceptors (Lipinski definition) is 5. The molecule has 4 nitrogen and oxygen atoms in total. The van der Waals surface area contributed by atoms with Gasteiger partial charge in [-0.25, -0.2) is 0 Å². The normalized spacial score (nSPS) is 27.5. The van der Waals surface area contributed by atoms with Crippen LogP contribution in [0.15, 0.2) is 60.7 Å². The zero-order chi connectivity index (χ0) is 22.7. The number of ether oxygens (including phenoxy) is 1. The highest BCUT2D eigenvalue weighted by molar-refractivity contribution is 8.27. The van der Waals surface area contributed by atoms with E-state index in [1.807, 2.05) is 50.2 Å². The summed E-state index contributed by atoms with van der Waals surface area (Å²) < 4.78 is 5.58. The molecule has 2 aliphatic heterocycles. The smallest absolute Gasteiger partial charge is 0.210 e. The molecule has 0 aliphatic carbocycles. The first-order chi connectivity index (χ1) is 15.0. The summed E-state index contributed by atoms with van der Waals surface area (Å²) in [6.45, 7) is 6.51. The molecule has 0 radical (unpaired) electrons. The number of hydrogen-bond donors (Lipinski definition) is 2. The third kappa shape index (κ3) is 7.69. The van der Waals surface area contributed by atoms with Crippen molar-refractivity contribution in [3.8, 4) is 0 Å². The van der Waals surface area contributed by atoms with Crippen LogP contribution in [0.25, 0.3) is 0 Å². The highest BCUT2D eigenvalue weighted by atomic mass is 32.2. The van der Waals surface area contributed by atoms with Gasteiger partial charge in [0.1, 0.15) is 0 Å². The van der Waals surface area contributed by atoms with Crippen LogP contribution in [-0.4, -0.2) is 45.0 Å². The van der Waals surface area contributed by atoms with E-state index < -0.39 is 19.8 Å². The topological polar surface area (TPSA) is 66.8 Å². The average Bonchev–Trinajstić information content (AvgIpc) is 3.17. The molecule has 4 rings (SSSR count). The van der Waals surface area contributed by atoms with Gasteiger partial charge in [0.2, 0.25) is 4.86 Å². The van der Waals surface area contributed by atoms with Crippen molar-refractivity contribution in [1.29, 1.82) is 0 Å². The van der Waals surface area contributed by atoms with Crippen LogP contribution in [0, 0.1) is 0 Å². The lowest BCUT2D eigenvalue weighted by atomic mass is 10.0. The summed E-state index contributed by atoms with van der Waals surface area (Å²) in [5.41, 5.74) is 2.33. The number of benzene rings is 2. The third-order valence-electron chi connectivity index (χ3n) is 5.27. The number of carbonyl (C=O) groups is 1. The Morgan fingerprint density at radius 3 is 2.16 bits per heavy atom. The molecule has 4 unspecified atom stereocenters. The molecule has 0 amide bonds. The van der Waals surface area contributed by atoms with Gasteiger partial charge in [-0.1, -0.05) is 93.2 Å². The molecule has 2 aromatic rings. The van der Waals surface area contributed by atoms with Gasteiger partial charge in [-0.15, -0.1) is 0 Å². The maximum Gasteiger partial charge on any atom is 0.210 e. The van der Waals surface area contributed by atoms with Gasteiger partial charge in [0.15, 0.2) is 5.79 Å². The van der Waals surface area contributed by atoms with Crippen molar-refractivity contribution in [2.45, 2.75) is 63.7 Å². The van der Waals surface area contributed by atoms with E-state index in [2.05, 4.69) is 31.2 Å². The van der Waals surface area contributed by atoms with Crippen LogP contribution >= 0.6 is 19.7 Å². The maximum absolute atomic E-state index is 12.2. The predicted molar refractivity (Wildman–Crippen MR) is 132 cm³/mol. The van der Waals surface area contributed by atoms with Crippen LogP contribution in [0.3, 0.4) is 0 Å². The fraction of sp³-hybridized carbons (Fsp3) is 0.480. The zero-order valence-corrected chi connectivity index (χ0v) is 20.4. The summed E-state index contributed by atoms with van der Waals surface area (Å²) in [6.07, 6.45) is 2.03. The van der Waals surface area contributed by atoms with Crippen molar-refractivity contribution in [2.24, 2.45) is 0 Å². The molecule has 2 saturated heterocycles. The van der Waals surface area contributed by atoms with Crippen molar-refractivity contribution in [2.75, 3.05) is 12.4 Å². The summed E-state index contributed by atoms with van der Waals surface area (Å²) in [6, 6.07) is 20.4. The minimum atomic E-state index is -1.35. The standard InChI is InChI=1S/C15H19O4PS.C8H10.C2H6/c16-12-6-7-19-15(18,8-12)13-10-21-14(17)20(13)9-11-4-2-1-3-5-11;1-2-8-6-4-3-5-7-8;1-2/h1-5,12-13,16,18H,6-10H2;3-7H,2H2,1H3;1-2H3. The number of thioether (sulfide) groups is 1. The Morgan fingerprint density at radius 1 is 1.06 bits per heavy atom. The van der Waals surface area contributed by atoms with Gasteiger partial charge in [0.05, 0.1) is 18.4 Å². The van der Waals surface area contributed by atoms with Crippen molar-refractivity contribution >= 4 is 24.5 Å². The second-order valence-electron chi connectivity index (χ2n) is 7.39. The molecule has 2 aliphatic rings. The van der Waals surface area contributed by atoms with Gasteiger partial charge < -0.3 is 14.9 Å². The van der Waals surface area contributed by atoms with Crippen LogP contribution < -0.4 is 0 Å². The van der Waals surface area contributed by atoms with Crippen LogP contribution in [0.2, 0.25) is 0 Å². The number of aliphatic hydroxyl groups excluding tert-OH is 1. The first kappa shape index (κ1) is 26.0. The first-order valence-corrected chi connectivity index (χ1v) is 13.7. The van der Waals surface area contributed by atoms with Crippen LogP contribution in [0.4, 0.5) is 4.79 Å². The summed E-state index contributed by atoms with van der Waals surface area (Å²) in [4.78, 5) is 12.4. The number of rotatable bonds is 4. The van der Waals surface area contributed by atoms with Gasteiger partial charge in [-0.3, -0.25) is 4.79 Å². The lowest BCUT2D eigenvalue weighted by molar-refractivity contribution is -0.241. The Kier molecular flexibility index (Phi) is 11.2. The maximum atomic E-state index is 12.2. The largest absolute Gasteiger partial charge is 0.393 e. The first-order valence-electron chi connectivity index (χ1n) is 11.1. The van der Waals surface area contributed by atoms with E-state index in [-0.39, 0.29) is 16.9 Å². The molecule has 0 aromatic heterocycles. The Bertz CT molecular complexity index is 774. The van der Waals surface area contributed by atoms with Crippen LogP contribution in [-0.2, 0) is 17.3 Å². The SMILES string of the molecule is CC.CCc1ccccc1.O=C1SCC(C2(O)CC(O)CCO2)P1Cc1ccccc1. The fourth-order valence-corrected chi connectivity index (χ4v) is 8.44. The van der Waals surface area contributed by atoms with E-state index >= 15 is 0 Å². The second kappa shape index (κ2) is 13.3.